The predicted octanol–water partition coefficient (Wildman–Crippen LogP) is 5.92. The molecule has 0 aliphatic heterocycles. The van der Waals surface area contributed by atoms with Gasteiger partial charge in [-0.2, -0.15) is 65.9 Å². The Morgan fingerprint density at radius 3 is 1.34 bits per heavy atom. The summed E-state index contributed by atoms with van der Waals surface area (Å²) in [7, 11) is -4.51. The molecule has 0 radical (unpaired) electrons. The van der Waals surface area contributed by atoms with Crippen LogP contribution in [-0.4, -0.2) is 50.5 Å². The highest BCUT2D eigenvalue weighted by molar-refractivity contribution is 7.90. The van der Waals surface area contributed by atoms with Crippen LogP contribution in [0.5, 0.6) is 0 Å². The van der Waals surface area contributed by atoms with E-state index in [2.05, 4.69) is 0 Å². The van der Waals surface area contributed by atoms with Crippen LogP contribution in [0.15, 0.2) is 29.2 Å². The minimum atomic E-state index is -8.40. The van der Waals surface area contributed by atoms with Crippen LogP contribution in [0, 0.1) is 0 Å². The summed E-state index contributed by atoms with van der Waals surface area (Å²) in [4.78, 5) is -1.27. The fraction of sp³-hybridized carbons (Fsp3) is 0.571. The first-order valence-corrected chi connectivity index (χ1v) is 9.24. The third-order valence-corrected chi connectivity index (χ3v) is 5.06. The molecule has 1 aromatic rings. The van der Waals surface area contributed by atoms with E-state index in [1.807, 2.05) is 0 Å². The highest BCUT2D eigenvalue weighted by Gasteiger charge is 2.93. The van der Waals surface area contributed by atoms with Crippen molar-refractivity contribution >= 4 is 9.84 Å². The topological polar surface area (TPSA) is 34.1 Å². The summed E-state index contributed by atoms with van der Waals surface area (Å²) in [6, 6.07) is -0.0184. The first-order valence-electron chi connectivity index (χ1n) is 7.35. The first kappa shape index (κ1) is 28.2. The van der Waals surface area contributed by atoms with Gasteiger partial charge < -0.3 is 0 Å². The summed E-state index contributed by atoms with van der Waals surface area (Å²) >= 11 is 0. The van der Waals surface area contributed by atoms with Gasteiger partial charge in [0.05, 0.1) is 4.90 Å². The molecule has 18 heteroatoms. The number of halogens is 15. The number of hydrogen-bond donors (Lipinski definition) is 0. The standard InChI is InChI=1S/C14H7F15O2S/c1-32(30,31)7-4-2-3-6(5-7)8(15,16)9(17,18)10(19,20)11(21,22)12(23,24)13(25,26)14(27,28)29/h2-5H,1H3. The second-order valence-electron chi connectivity index (χ2n) is 6.24. The molecule has 0 saturated carbocycles. The van der Waals surface area contributed by atoms with Crippen molar-refractivity contribution in [2.45, 2.75) is 46.6 Å². The van der Waals surface area contributed by atoms with Crippen molar-refractivity contribution in [3.63, 3.8) is 0 Å². The molecule has 0 amide bonds. The van der Waals surface area contributed by atoms with Gasteiger partial charge in [0.2, 0.25) is 0 Å². The Morgan fingerprint density at radius 1 is 0.594 bits per heavy atom. The monoisotopic (exact) mass is 524 g/mol. The molecule has 2 nitrogen and oxygen atoms in total. The molecule has 1 rings (SSSR count). The van der Waals surface area contributed by atoms with E-state index in [0.29, 0.717) is 12.3 Å². The van der Waals surface area contributed by atoms with Gasteiger partial charge >= 0.3 is 41.7 Å². The lowest BCUT2D eigenvalue weighted by Gasteiger charge is -2.41. The molecule has 0 bridgehead atoms. The van der Waals surface area contributed by atoms with Gasteiger partial charge in [-0.3, -0.25) is 0 Å². The van der Waals surface area contributed by atoms with E-state index >= 15 is 0 Å². The largest absolute Gasteiger partial charge is 0.460 e. The Labute approximate surface area is 167 Å². The van der Waals surface area contributed by atoms with Crippen molar-refractivity contribution < 1.29 is 74.3 Å². The molecule has 0 aliphatic carbocycles. The maximum absolute atomic E-state index is 14.0. The van der Waals surface area contributed by atoms with Gasteiger partial charge in [-0.1, -0.05) is 12.1 Å². The third kappa shape index (κ3) is 3.76. The molecule has 186 valence electrons. The van der Waals surface area contributed by atoms with Gasteiger partial charge in [0.15, 0.2) is 9.84 Å². The van der Waals surface area contributed by atoms with Crippen molar-refractivity contribution in [2.24, 2.45) is 0 Å². The summed E-state index contributed by atoms with van der Waals surface area (Å²) in [6.07, 6.45) is -7.39. The van der Waals surface area contributed by atoms with Gasteiger partial charge in [0, 0.05) is 11.8 Å². The van der Waals surface area contributed by atoms with E-state index in [4.69, 9.17) is 0 Å². The van der Waals surface area contributed by atoms with E-state index in [9.17, 15) is 74.3 Å². The molecular weight excluding hydrogens is 517 g/mol. The smallest absolute Gasteiger partial charge is 0.224 e. The van der Waals surface area contributed by atoms with Gasteiger partial charge in [-0.15, -0.1) is 0 Å². The van der Waals surface area contributed by atoms with Crippen LogP contribution in [0.25, 0.3) is 0 Å². The van der Waals surface area contributed by atoms with Gasteiger partial charge in [0.1, 0.15) is 0 Å². The quantitative estimate of drug-likeness (QED) is 0.415. The summed E-state index contributed by atoms with van der Waals surface area (Å²) in [5, 5.41) is 0. The van der Waals surface area contributed by atoms with Crippen LogP contribution >= 0.6 is 0 Å². The zero-order chi connectivity index (χ0) is 26.0. The Balaban J connectivity index is 3.74. The average Bonchev–Trinajstić information content (AvgIpc) is 2.59. The molecule has 0 atom stereocenters. The van der Waals surface area contributed by atoms with Gasteiger partial charge in [0.25, 0.3) is 0 Å². The number of rotatable bonds is 7. The molecule has 0 N–H and O–H groups in total. The van der Waals surface area contributed by atoms with E-state index in [-0.39, 0.29) is 12.1 Å². The second-order valence-corrected chi connectivity index (χ2v) is 8.26. The minimum Gasteiger partial charge on any atom is -0.224 e. The Bertz CT molecular complexity index is 963. The average molecular weight is 524 g/mol. The van der Waals surface area contributed by atoms with E-state index in [1.165, 1.54) is 0 Å². The third-order valence-electron chi connectivity index (χ3n) is 3.95. The lowest BCUT2D eigenvalue weighted by atomic mass is 9.88. The van der Waals surface area contributed by atoms with E-state index in [0.717, 1.165) is 0 Å². The zero-order valence-corrected chi connectivity index (χ0v) is 15.5. The van der Waals surface area contributed by atoms with Gasteiger partial charge in [-0.25, -0.2) is 8.42 Å². The van der Waals surface area contributed by atoms with Crippen molar-refractivity contribution in [2.75, 3.05) is 6.26 Å². The molecule has 0 spiro atoms. The molecule has 0 aliphatic rings. The maximum Gasteiger partial charge on any atom is 0.460 e. The van der Waals surface area contributed by atoms with E-state index in [1.54, 1.807) is 0 Å². The maximum atomic E-state index is 14.0. The molecular formula is C14H7F15O2S. The minimum absolute atomic E-state index is 0.221. The second kappa shape index (κ2) is 7.31. The summed E-state index contributed by atoms with van der Waals surface area (Å²) in [6.45, 7) is 0. The first-order chi connectivity index (χ1) is 13.7. The van der Waals surface area contributed by atoms with Gasteiger partial charge in [-0.05, 0) is 12.1 Å². The molecule has 1 aromatic carbocycles. The van der Waals surface area contributed by atoms with E-state index < -0.39 is 68.1 Å². The lowest BCUT2D eigenvalue weighted by molar-refractivity contribution is -0.453. The molecule has 0 saturated heterocycles. The SMILES string of the molecule is CS(=O)(=O)c1cccc(C(F)(F)C(F)(F)C(F)(F)C(F)(F)C(F)(F)C(F)(F)C(F)(F)F)c1. The number of alkyl halides is 15. The van der Waals surface area contributed by atoms with Crippen molar-refractivity contribution in [3.05, 3.63) is 29.8 Å². The fourth-order valence-corrected chi connectivity index (χ4v) is 2.74. The Morgan fingerprint density at radius 2 is 0.969 bits per heavy atom. The summed E-state index contributed by atoms with van der Waals surface area (Å²) in [5.74, 6) is -47.5. The van der Waals surface area contributed by atoms with Crippen molar-refractivity contribution in [1.29, 1.82) is 0 Å². The molecule has 0 heterocycles. The van der Waals surface area contributed by atoms with Crippen LogP contribution in [0.4, 0.5) is 65.9 Å². The normalized spacial score (nSPS) is 15.8. The number of sulfone groups is 1. The van der Waals surface area contributed by atoms with Crippen LogP contribution in [0.1, 0.15) is 5.56 Å². The zero-order valence-electron chi connectivity index (χ0n) is 14.7. The van der Waals surface area contributed by atoms with Crippen molar-refractivity contribution in [1.82, 2.24) is 0 Å². The summed E-state index contributed by atoms with van der Waals surface area (Å²) < 4.78 is 220. The van der Waals surface area contributed by atoms with Crippen molar-refractivity contribution in [3.8, 4) is 0 Å². The Hall–Kier alpha value is -1.88. The highest BCUT2D eigenvalue weighted by Crippen LogP contribution is 2.63. The van der Waals surface area contributed by atoms with Crippen LogP contribution in [0.3, 0.4) is 0 Å². The number of hydrogen-bond acceptors (Lipinski definition) is 2. The Kier molecular flexibility index (Phi) is 6.43. The molecule has 0 unspecified atom stereocenters. The number of benzene rings is 1. The van der Waals surface area contributed by atoms with Crippen LogP contribution in [0.2, 0.25) is 0 Å². The summed E-state index contributed by atoms with van der Waals surface area (Å²) in [5.41, 5.74) is -2.48. The lowest BCUT2D eigenvalue weighted by Crippen LogP contribution is -2.72. The van der Waals surface area contributed by atoms with Crippen LogP contribution < -0.4 is 0 Å². The predicted molar refractivity (Wildman–Crippen MR) is 74.2 cm³/mol. The molecule has 0 aromatic heterocycles. The molecule has 0 fully saturated rings. The fourth-order valence-electron chi connectivity index (χ4n) is 2.07. The highest BCUT2D eigenvalue weighted by atomic mass is 32.2. The molecule has 32 heavy (non-hydrogen) atoms. The van der Waals surface area contributed by atoms with Crippen LogP contribution in [-0.2, 0) is 15.8 Å².